The molecule has 1 aliphatic carbocycles. The molecule has 1 saturated carbocycles. The molecular formula is C48H110B3Cl3IN11O11. The molecule has 29 heteroatoms. The van der Waals surface area contributed by atoms with E-state index >= 15 is 0 Å². The van der Waals surface area contributed by atoms with Gasteiger partial charge in [-0.3, -0.25) is 19.0 Å². The summed E-state index contributed by atoms with van der Waals surface area (Å²) < 4.78 is 13.3. The molecule has 2 aromatic heterocycles. The van der Waals surface area contributed by atoms with Crippen LogP contribution in [0.5, 0.6) is 0 Å². The van der Waals surface area contributed by atoms with E-state index < -0.39 is 38.1 Å². The van der Waals surface area contributed by atoms with Crippen LogP contribution in [0.2, 0.25) is 20.5 Å². The van der Waals surface area contributed by atoms with Gasteiger partial charge in [0, 0.05) is 32.3 Å². The zero-order valence-corrected chi connectivity index (χ0v) is 52.2. The van der Waals surface area contributed by atoms with Crippen molar-refractivity contribution in [1.29, 1.82) is 0 Å². The first-order chi connectivity index (χ1) is 33.6. The fourth-order valence-corrected chi connectivity index (χ4v) is 6.99. The van der Waals surface area contributed by atoms with Crippen molar-refractivity contribution < 1.29 is 45.5 Å². The van der Waals surface area contributed by atoms with Gasteiger partial charge in [-0.25, -0.2) is 14.4 Å². The Morgan fingerprint density at radius 1 is 0.675 bits per heavy atom. The van der Waals surface area contributed by atoms with Crippen molar-refractivity contribution >= 4 is 98.5 Å². The van der Waals surface area contributed by atoms with E-state index in [0.29, 0.717) is 104 Å². The summed E-state index contributed by atoms with van der Waals surface area (Å²) in [6, 6.07) is 0. The smallest absolute Gasteiger partial charge is 0.438 e. The topological polar surface area (TPSA) is 358 Å². The maximum atomic E-state index is 10.8. The van der Waals surface area contributed by atoms with Crippen molar-refractivity contribution in [3.05, 3.63) is 32.8 Å². The van der Waals surface area contributed by atoms with Gasteiger partial charge in [0.25, 0.3) is 0 Å². The number of nitrogens with zero attached hydrogens (tertiary/aromatic N) is 4. The number of hydrogen-bond donors (Lipinski definition) is 12. The molecule has 22 nitrogen and oxygen atoms in total. The van der Waals surface area contributed by atoms with Crippen LogP contribution in [0.25, 0.3) is 0 Å². The first kappa shape index (κ1) is 91.1. The average Bonchev–Trinajstić information content (AvgIpc) is 4.02. The molecule has 0 aromatic carbocycles. The summed E-state index contributed by atoms with van der Waals surface area (Å²) in [5, 5.41) is 66.9. The lowest BCUT2D eigenvalue weighted by molar-refractivity contribution is 0.159. The largest absolute Gasteiger partial charge is 0.453 e. The van der Waals surface area contributed by atoms with Crippen LogP contribution in [-0.4, -0.2) is 117 Å². The minimum absolute atomic E-state index is 0. The maximum Gasteiger partial charge on any atom is 0.438 e. The zero-order valence-electron chi connectivity index (χ0n) is 47.5. The molecule has 4 unspecified atom stereocenters. The van der Waals surface area contributed by atoms with E-state index in [2.05, 4.69) is 115 Å². The summed E-state index contributed by atoms with van der Waals surface area (Å²) in [6.45, 7) is 31.1. The van der Waals surface area contributed by atoms with E-state index in [1.165, 1.54) is 19.3 Å². The first-order valence-corrected chi connectivity index (χ1v) is 26.0. The van der Waals surface area contributed by atoms with E-state index in [9.17, 15) is 19.4 Å². The number of nitrogens with two attached hydrogens (primary N) is 2. The van der Waals surface area contributed by atoms with Gasteiger partial charge in [-0.05, 0) is 139 Å². The molecule has 1 aliphatic rings. The minimum Gasteiger partial charge on any atom is -0.453 e. The van der Waals surface area contributed by atoms with Crippen LogP contribution >= 0.6 is 60.4 Å². The number of carbonyl (C=O) groups is 1. The Morgan fingerprint density at radius 3 is 1.27 bits per heavy atom. The number of rotatable bonds is 28. The molecular weight excluding hydrogens is 1170 g/mol. The normalized spacial score (nSPS) is 12.8. The van der Waals surface area contributed by atoms with E-state index in [4.69, 9.17) is 43.5 Å². The Hall–Kier alpha value is -2.40. The first-order valence-electron chi connectivity index (χ1n) is 25.6. The van der Waals surface area contributed by atoms with Gasteiger partial charge in [0.05, 0.1) is 12.3 Å². The van der Waals surface area contributed by atoms with Gasteiger partial charge in [0.2, 0.25) is 0 Å². The number of aromatic amines is 2. The number of halogens is 4. The lowest BCUT2D eigenvalue weighted by Crippen LogP contribution is -2.36. The Labute approximate surface area is 499 Å². The van der Waals surface area contributed by atoms with Crippen molar-refractivity contribution in [3.63, 3.8) is 0 Å². The predicted octanol–water partition coefficient (Wildman–Crippen LogP) is 9.04. The molecule has 4 atom stereocenters. The van der Waals surface area contributed by atoms with Gasteiger partial charge in [-0.1, -0.05) is 124 Å². The van der Waals surface area contributed by atoms with Gasteiger partial charge in [-0.2, -0.15) is 0 Å². The Balaban J connectivity index is -0.000000107. The predicted molar refractivity (Wildman–Crippen MR) is 337 cm³/mol. The molecule has 2 aromatic rings. The summed E-state index contributed by atoms with van der Waals surface area (Å²) in [7, 11) is -1.53. The maximum absolute atomic E-state index is 10.8. The monoisotopic (exact) mass is 1280 g/mol. The second-order valence-electron chi connectivity index (χ2n) is 20.8. The molecule has 3 rings (SSSR count). The number of carbonyl (C=O) groups excluding carboxylic acids is 1. The summed E-state index contributed by atoms with van der Waals surface area (Å²) >= 11 is 4.86. The molecule has 2 heterocycles. The van der Waals surface area contributed by atoms with Crippen LogP contribution in [-0.2, 0) is 17.6 Å². The number of ether oxygens (including phenoxy) is 1. The molecule has 77 heavy (non-hydrogen) atoms. The molecule has 0 aliphatic heterocycles. The molecule has 460 valence electrons. The molecule has 14 N–H and O–H groups in total. The Morgan fingerprint density at radius 2 is 1.01 bits per heavy atom. The highest BCUT2D eigenvalue weighted by Crippen LogP contribution is 2.18. The van der Waals surface area contributed by atoms with Gasteiger partial charge in [0.15, 0.2) is 11.6 Å². The highest BCUT2D eigenvalue weighted by Gasteiger charge is 2.18. The van der Waals surface area contributed by atoms with E-state index in [1.54, 1.807) is 20.5 Å². The lowest BCUT2D eigenvalue weighted by Gasteiger charge is -2.19. The Kier molecular flexibility index (Phi) is 67.3. The standard InChI is InChI=1S/C10H20BN3O3.C10H23BN2O2.C9H22BN3O2.C9H17N3O2.C5H9ClO2.C3H6.2CH4.2ClH.HI.H2/c1-7(2)4-8(6-12-11(3)16)5-9-13-10(15)17-14-9;1-8(2)5-10(6-9(3)13-15)7-12-11(4)14;1-7(2)4-8(5-9(11)13-15)6-12-10(3)14;1-6(2)3-7(5-10)4-8-11-9(13)14-12-8;1-4(2)3-8-5(6)7;1-2-3-1;;;;;;/h7-8,12,16H,4-6H2,1-3H3,(H,13,14,15);8,10,12,14-15H,5-7H2,1-4H3;7-8,12,14-15H,4-6H2,1-3H3,(H2,11,13);6-7H,3-5,10H2,1-2H3,(H,11,12,13);4H,3H2,1-2H3;1-3H2;2*1H4;4*1H. The van der Waals surface area contributed by atoms with Gasteiger partial charge in [0.1, 0.15) is 5.84 Å². The van der Waals surface area contributed by atoms with Crippen molar-refractivity contribution in [2.45, 2.75) is 182 Å². The van der Waals surface area contributed by atoms with Crippen LogP contribution in [0.3, 0.4) is 0 Å². The molecule has 0 bridgehead atoms. The van der Waals surface area contributed by atoms with Gasteiger partial charge in [-0.15, -0.1) is 48.8 Å². The summed E-state index contributed by atoms with van der Waals surface area (Å²) in [5.74, 6) is 4.41. The molecule has 0 saturated heterocycles. The van der Waals surface area contributed by atoms with E-state index in [0.717, 1.165) is 44.4 Å². The number of nitrogens with one attached hydrogen (secondary N) is 5. The fraction of sp³-hybridized carbons (Fsp3) is 0.854. The minimum atomic E-state index is -0.723. The average molecular weight is 1280 g/mol. The number of hydrogen-bond acceptors (Lipinski definition) is 19. The molecule has 0 spiro atoms. The van der Waals surface area contributed by atoms with Crippen LogP contribution in [0.4, 0.5) is 4.79 Å². The molecule has 0 amide bonds. The third-order valence-electron chi connectivity index (χ3n) is 9.86. The highest BCUT2D eigenvalue weighted by atomic mass is 127. The van der Waals surface area contributed by atoms with Crippen LogP contribution < -0.4 is 38.7 Å². The van der Waals surface area contributed by atoms with E-state index in [-0.39, 0.29) is 76.8 Å². The van der Waals surface area contributed by atoms with Crippen molar-refractivity contribution in [2.75, 3.05) is 32.8 Å². The highest BCUT2D eigenvalue weighted by molar-refractivity contribution is 14.0. The second kappa shape index (κ2) is 56.9. The van der Waals surface area contributed by atoms with Crippen LogP contribution in [0.15, 0.2) is 28.9 Å². The third kappa shape index (κ3) is 67.8. The van der Waals surface area contributed by atoms with Gasteiger partial charge < -0.3 is 57.4 Å². The Bertz CT molecular complexity index is 1740. The van der Waals surface area contributed by atoms with Gasteiger partial charge >= 0.3 is 38.1 Å². The zero-order chi connectivity index (χ0) is 55.8. The molecule has 0 radical (unpaired) electrons. The molecule has 1 fully saturated rings. The SMILES string of the molecule is C.C.C1CC1.CB(O)NCC(CC(C)=NO)CC(C)C.CB(O)NCC(CC(N)=NO)CC(C)C.CB(O)NCC(Cc1noc(=O)[nH]1)CC(C)C.CC(C)CC(CN)Cc1noc(=O)[nH]1.CC(C)COC(=O)Cl.Cl.Cl.I.[HH]. The van der Waals surface area contributed by atoms with E-state index in [1.807, 2.05) is 20.8 Å². The second-order valence-corrected chi connectivity index (χ2v) is 21.1. The summed E-state index contributed by atoms with van der Waals surface area (Å²) in [6.07, 6.45) is 11.2. The number of H-pyrrole nitrogens is 2. The quantitative estimate of drug-likeness (QED) is 0.00718. The third-order valence-corrected chi connectivity index (χ3v) is 9.97. The number of aromatic nitrogens is 4. The number of amidine groups is 1. The van der Waals surface area contributed by atoms with Crippen LogP contribution in [0, 0.1) is 53.3 Å². The van der Waals surface area contributed by atoms with Crippen molar-refractivity contribution in [3.8, 4) is 0 Å². The van der Waals surface area contributed by atoms with Crippen molar-refractivity contribution in [1.82, 2.24) is 36.0 Å². The number of oxime groups is 2. The van der Waals surface area contributed by atoms with Crippen molar-refractivity contribution in [2.24, 2.45) is 75.0 Å². The fourth-order valence-electron chi connectivity index (χ4n) is 6.93. The van der Waals surface area contributed by atoms with Crippen LogP contribution in [0.1, 0.15) is 162 Å². The lowest BCUT2D eigenvalue weighted by atomic mass is 9.85. The summed E-state index contributed by atoms with van der Waals surface area (Å²) in [4.78, 5) is 36.4. The summed E-state index contributed by atoms with van der Waals surface area (Å²) in [5.41, 5.74) is 11.1.